The van der Waals surface area contributed by atoms with Crippen molar-refractivity contribution in [3.05, 3.63) is 0 Å². The number of amidine groups is 1. The molecule has 0 saturated heterocycles. The van der Waals surface area contributed by atoms with Crippen LogP contribution in [0.4, 0.5) is 4.79 Å². The Morgan fingerprint density at radius 1 is 1.50 bits per heavy atom. The lowest BCUT2D eigenvalue weighted by Gasteiger charge is -2.16. The topological polar surface area (TPSA) is 103 Å². The molecule has 0 aliphatic rings. The minimum atomic E-state index is -0.166. The highest BCUT2D eigenvalue weighted by Gasteiger charge is 2.10. The van der Waals surface area contributed by atoms with Crippen LogP contribution in [-0.2, 0) is 0 Å². The molecular weight excluding hydrogens is 210 g/mol. The van der Waals surface area contributed by atoms with Crippen LogP contribution in [0.3, 0.4) is 0 Å². The van der Waals surface area contributed by atoms with Crippen molar-refractivity contribution >= 4 is 11.9 Å². The lowest BCUT2D eigenvalue weighted by Crippen LogP contribution is -2.45. The predicted molar refractivity (Wildman–Crippen MR) is 62.6 cm³/mol. The molecule has 0 rings (SSSR count). The van der Waals surface area contributed by atoms with E-state index in [9.17, 15) is 4.79 Å². The fraction of sp³-hybridized carbons (Fsp3) is 0.778. The van der Waals surface area contributed by atoms with Crippen LogP contribution in [0.1, 0.15) is 13.3 Å². The number of rotatable bonds is 6. The minimum Gasteiger partial charge on any atom is -0.409 e. The van der Waals surface area contributed by atoms with Crippen LogP contribution >= 0.6 is 0 Å². The molecule has 16 heavy (non-hydrogen) atoms. The van der Waals surface area contributed by atoms with E-state index in [0.29, 0.717) is 13.1 Å². The van der Waals surface area contributed by atoms with E-state index in [1.165, 1.54) is 4.90 Å². The van der Waals surface area contributed by atoms with Gasteiger partial charge in [0.2, 0.25) is 0 Å². The standard InChI is InChI=1S/C9H21N5O2/c1-4-7(8(10)13-16)11-5-6-12-9(15)14(2)3/h7,11,16H,4-6H2,1-3H3,(H2,10,13)(H,12,15). The second kappa shape index (κ2) is 7.75. The molecule has 1 unspecified atom stereocenters. The number of hydrogen-bond acceptors (Lipinski definition) is 4. The number of nitrogens with one attached hydrogen (secondary N) is 2. The first-order chi connectivity index (χ1) is 7.52. The molecule has 7 heteroatoms. The van der Waals surface area contributed by atoms with Gasteiger partial charge in [-0.3, -0.25) is 0 Å². The third-order valence-electron chi connectivity index (χ3n) is 2.08. The molecule has 5 N–H and O–H groups in total. The van der Waals surface area contributed by atoms with E-state index in [0.717, 1.165) is 6.42 Å². The molecule has 0 aliphatic carbocycles. The summed E-state index contributed by atoms with van der Waals surface area (Å²) < 4.78 is 0. The lowest BCUT2D eigenvalue weighted by molar-refractivity contribution is 0.217. The summed E-state index contributed by atoms with van der Waals surface area (Å²) in [5, 5.41) is 17.2. The fourth-order valence-corrected chi connectivity index (χ4v) is 1.10. The average Bonchev–Trinajstić information content (AvgIpc) is 2.27. The van der Waals surface area contributed by atoms with Gasteiger partial charge in [-0.05, 0) is 6.42 Å². The molecule has 0 fully saturated rings. The van der Waals surface area contributed by atoms with Gasteiger partial charge in [0.1, 0.15) is 0 Å². The van der Waals surface area contributed by atoms with Crippen LogP contribution in [0, 0.1) is 0 Å². The molecule has 0 bridgehead atoms. The number of oxime groups is 1. The molecule has 0 aliphatic heterocycles. The van der Waals surface area contributed by atoms with Gasteiger partial charge in [-0.1, -0.05) is 12.1 Å². The number of hydrogen-bond donors (Lipinski definition) is 4. The minimum absolute atomic E-state index is 0.140. The zero-order chi connectivity index (χ0) is 12.6. The van der Waals surface area contributed by atoms with Crippen molar-refractivity contribution in [2.24, 2.45) is 10.9 Å². The summed E-state index contributed by atoms with van der Waals surface area (Å²) in [6.07, 6.45) is 0.720. The SMILES string of the molecule is CCC(NCCNC(=O)N(C)C)C(N)=NO. The monoisotopic (exact) mass is 231 g/mol. The Hall–Kier alpha value is -1.50. The highest BCUT2D eigenvalue weighted by Crippen LogP contribution is 1.89. The predicted octanol–water partition coefficient (Wildman–Crippen LogP) is -0.628. The second-order valence-corrected chi connectivity index (χ2v) is 3.57. The molecular formula is C9H21N5O2. The number of nitrogens with zero attached hydrogens (tertiary/aromatic N) is 2. The Morgan fingerprint density at radius 2 is 2.12 bits per heavy atom. The van der Waals surface area contributed by atoms with Gasteiger partial charge in [0.25, 0.3) is 0 Å². The normalized spacial score (nSPS) is 13.3. The summed E-state index contributed by atoms with van der Waals surface area (Å²) in [5.41, 5.74) is 5.46. The smallest absolute Gasteiger partial charge is 0.316 e. The maximum Gasteiger partial charge on any atom is 0.316 e. The van der Waals surface area contributed by atoms with E-state index in [4.69, 9.17) is 10.9 Å². The molecule has 0 aromatic heterocycles. The van der Waals surface area contributed by atoms with Crippen molar-refractivity contribution in [2.75, 3.05) is 27.2 Å². The van der Waals surface area contributed by atoms with Gasteiger partial charge in [-0.2, -0.15) is 0 Å². The maximum absolute atomic E-state index is 11.1. The van der Waals surface area contributed by atoms with Crippen LogP contribution in [-0.4, -0.2) is 55.2 Å². The zero-order valence-electron chi connectivity index (χ0n) is 10.0. The summed E-state index contributed by atoms with van der Waals surface area (Å²) in [7, 11) is 3.35. The Morgan fingerprint density at radius 3 is 2.56 bits per heavy atom. The van der Waals surface area contributed by atoms with E-state index < -0.39 is 0 Å². The van der Waals surface area contributed by atoms with Crippen molar-refractivity contribution in [1.29, 1.82) is 0 Å². The lowest BCUT2D eigenvalue weighted by atomic mass is 10.2. The molecule has 2 amide bonds. The highest BCUT2D eigenvalue weighted by atomic mass is 16.4. The molecule has 0 saturated carbocycles. The summed E-state index contributed by atoms with van der Waals surface area (Å²) in [4.78, 5) is 12.6. The van der Waals surface area contributed by atoms with Crippen molar-refractivity contribution in [2.45, 2.75) is 19.4 Å². The average molecular weight is 231 g/mol. The van der Waals surface area contributed by atoms with Crippen LogP contribution in [0.15, 0.2) is 5.16 Å². The third-order valence-corrected chi connectivity index (χ3v) is 2.08. The van der Waals surface area contributed by atoms with Gasteiger partial charge in [-0.25, -0.2) is 4.79 Å². The summed E-state index contributed by atoms with van der Waals surface area (Å²) in [6, 6.07) is -0.306. The molecule has 94 valence electrons. The van der Waals surface area contributed by atoms with Crippen LogP contribution in [0.2, 0.25) is 0 Å². The number of urea groups is 1. The summed E-state index contributed by atoms with van der Waals surface area (Å²) >= 11 is 0. The number of carbonyl (C=O) groups excluding carboxylic acids is 1. The first kappa shape index (κ1) is 14.5. The van der Waals surface area contributed by atoms with Crippen molar-refractivity contribution in [1.82, 2.24) is 15.5 Å². The van der Waals surface area contributed by atoms with Crippen molar-refractivity contribution < 1.29 is 10.0 Å². The van der Waals surface area contributed by atoms with Crippen molar-refractivity contribution in [3.8, 4) is 0 Å². The fourth-order valence-electron chi connectivity index (χ4n) is 1.10. The number of nitrogens with two attached hydrogens (primary N) is 1. The highest BCUT2D eigenvalue weighted by molar-refractivity contribution is 5.85. The molecule has 0 radical (unpaired) electrons. The molecule has 0 spiro atoms. The first-order valence-corrected chi connectivity index (χ1v) is 5.18. The molecule has 0 heterocycles. The Kier molecular flexibility index (Phi) is 7.02. The Labute approximate surface area is 95.7 Å². The van der Waals surface area contributed by atoms with Gasteiger partial charge in [0.15, 0.2) is 5.84 Å². The zero-order valence-corrected chi connectivity index (χ0v) is 10.0. The molecule has 0 aromatic carbocycles. The van der Waals surface area contributed by atoms with E-state index >= 15 is 0 Å². The van der Waals surface area contributed by atoms with Crippen LogP contribution < -0.4 is 16.4 Å². The first-order valence-electron chi connectivity index (χ1n) is 5.18. The Bertz CT molecular complexity index is 242. The van der Waals surface area contributed by atoms with E-state index in [1.54, 1.807) is 14.1 Å². The number of carbonyl (C=O) groups is 1. The van der Waals surface area contributed by atoms with Crippen LogP contribution in [0.25, 0.3) is 0 Å². The molecule has 1 atom stereocenters. The van der Waals surface area contributed by atoms with Gasteiger partial charge in [0, 0.05) is 27.2 Å². The van der Waals surface area contributed by atoms with E-state index in [-0.39, 0.29) is 17.9 Å². The second-order valence-electron chi connectivity index (χ2n) is 3.57. The van der Waals surface area contributed by atoms with Crippen molar-refractivity contribution in [3.63, 3.8) is 0 Å². The van der Waals surface area contributed by atoms with E-state index in [1.807, 2.05) is 6.92 Å². The Balaban J connectivity index is 3.76. The van der Waals surface area contributed by atoms with Gasteiger partial charge in [-0.15, -0.1) is 0 Å². The van der Waals surface area contributed by atoms with Gasteiger partial charge >= 0.3 is 6.03 Å². The number of amides is 2. The largest absolute Gasteiger partial charge is 0.409 e. The van der Waals surface area contributed by atoms with E-state index in [2.05, 4.69) is 15.8 Å². The third kappa shape index (κ3) is 5.40. The molecule has 7 nitrogen and oxygen atoms in total. The van der Waals surface area contributed by atoms with Gasteiger partial charge < -0.3 is 26.5 Å². The van der Waals surface area contributed by atoms with Gasteiger partial charge in [0.05, 0.1) is 6.04 Å². The molecule has 0 aromatic rings. The summed E-state index contributed by atoms with van der Waals surface area (Å²) in [5.74, 6) is 0.154. The van der Waals surface area contributed by atoms with Crippen LogP contribution in [0.5, 0.6) is 0 Å². The quantitative estimate of drug-likeness (QED) is 0.161. The summed E-state index contributed by atoms with van der Waals surface area (Å²) in [6.45, 7) is 2.98. The maximum atomic E-state index is 11.1.